The molecule has 0 aliphatic heterocycles. The first-order valence-electron chi connectivity index (χ1n) is 7.41. The van der Waals surface area contributed by atoms with Gasteiger partial charge in [-0.3, -0.25) is 4.98 Å². The van der Waals surface area contributed by atoms with Crippen molar-refractivity contribution in [1.29, 1.82) is 0 Å². The van der Waals surface area contributed by atoms with Crippen molar-refractivity contribution in [2.24, 2.45) is 0 Å². The molecular weight excluding hydrogens is 387 g/mol. The van der Waals surface area contributed by atoms with E-state index in [1.807, 2.05) is 0 Å². The number of halogens is 3. The summed E-state index contributed by atoms with van der Waals surface area (Å²) in [5.41, 5.74) is 0.931. The van der Waals surface area contributed by atoms with Gasteiger partial charge in [-0.2, -0.15) is 0 Å². The zero-order valence-corrected chi connectivity index (χ0v) is 14.3. The average molecular weight is 399 g/mol. The van der Waals surface area contributed by atoms with Crippen molar-refractivity contribution in [3.05, 3.63) is 60.7 Å². The highest BCUT2D eigenvalue weighted by Crippen LogP contribution is 2.29. The number of para-hydroxylation sites is 1. The Morgan fingerprint density at radius 1 is 1.11 bits per heavy atom. The van der Waals surface area contributed by atoms with Crippen LogP contribution in [0.4, 0.5) is 13.2 Å². The zero-order valence-electron chi connectivity index (χ0n) is 13.5. The molecule has 0 fully saturated rings. The summed E-state index contributed by atoms with van der Waals surface area (Å²) in [5.74, 6) is -0.821. The van der Waals surface area contributed by atoms with Gasteiger partial charge in [0.25, 0.3) is 0 Å². The lowest BCUT2D eigenvalue weighted by Gasteiger charge is -2.13. The summed E-state index contributed by atoms with van der Waals surface area (Å²) in [6.07, 6.45) is -0.428. The number of hydrogen-bond acceptors (Lipinski definition) is 6. The molecule has 0 saturated heterocycles. The molecule has 0 atom stereocenters. The lowest BCUT2D eigenvalue weighted by molar-refractivity contribution is -0.275. The molecule has 1 aromatic carbocycles. The Bertz CT molecular complexity index is 1020. The molecule has 142 valence electrons. The number of rotatable bonds is 6. The largest absolute Gasteiger partial charge is 0.573 e. The first-order chi connectivity index (χ1) is 12.7. The molecule has 0 aliphatic rings. The first kappa shape index (κ1) is 18.8. The van der Waals surface area contributed by atoms with E-state index in [-0.39, 0.29) is 12.2 Å². The van der Waals surface area contributed by atoms with Crippen LogP contribution in [0.5, 0.6) is 5.75 Å². The van der Waals surface area contributed by atoms with Gasteiger partial charge in [0.2, 0.25) is 10.0 Å². The third-order valence-corrected chi connectivity index (χ3v) is 4.72. The van der Waals surface area contributed by atoms with E-state index in [1.54, 1.807) is 24.5 Å². The SMILES string of the molecule is O=S(=O)(NCc1cn(-c2ccncc2)nn1)c1ccccc1OC(F)(F)F. The van der Waals surface area contributed by atoms with E-state index < -0.39 is 27.0 Å². The molecule has 3 aromatic rings. The summed E-state index contributed by atoms with van der Waals surface area (Å²) in [6.45, 7) is -0.270. The van der Waals surface area contributed by atoms with Crippen molar-refractivity contribution in [1.82, 2.24) is 24.7 Å². The Morgan fingerprint density at radius 3 is 2.52 bits per heavy atom. The normalized spacial score (nSPS) is 12.1. The van der Waals surface area contributed by atoms with E-state index in [9.17, 15) is 21.6 Å². The number of hydrogen-bond donors (Lipinski definition) is 1. The van der Waals surface area contributed by atoms with Gasteiger partial charge < -0.3 is 4.74 Å². The van der Waals surface area contributed by atoms with Crippen molar-refractivity contribution in [3.63, 3.8) is 0 Å². The summed E-state index contributed by atoms with van der Waals surface area (Å²) in [5, 5.41) is 7.68. The highest BCUT2D eigenvalue weighted by Gasteiger charge is 2.33. The molecule has 27 heavy (non-hydrogen) atoms. The topological polar surface area (TPSA) is 99.0 Å². The lowest BCUT2D eigenvalue weighted by atomic mass is 10.3. The zero-order chi connectivity index (χ0) is 19.5. The summed E-state index contributed by atoms with van der Waals surface area (Å²) >= 11 is 0. The molecule has 3 rings (SSSR count). The van der Waals surface area contributed by atoms with E-state index >= 15 is 0 Å². The molecular formula is C15H12F3N5O3S. The molecule has 0 saturated carbocycles. The molecule has 8 nitrogen and oxygen atoms in total. The van der Waals surface area contributed by atoms with Crippen LogP contribution in [-0.4, -0.2) is 34.8 Å². The minimum atomic E-state index is -5.02. The maximum absolute atomic E-state index is 12.5. The molecule has 0 aliphatic carbocycles. The van der Waals surface area contributed by atoms with E-state index in [1.165, 1.54) is 23.0 Å². The van der Waals surface area contributed by atoms with Crippen LogP contribution in [0.2, 0.25) is 0 Å². The van der Waals surface area contributed by atoms with Crippen molar-refractivity contribution in [3.8, 4) is 11.4 Å². The van der Waals surface area contributed by atoms with Gasteiger partial charge in [-0.05, 0) is 24.3 Å². The quantitative estimate of drug-likeness (QED) is 0.681. The maximum atomic E-state index is 12.5. The fourth-order valence-corrected chi connectivity index (χ4v) is 3.26. The summed E-state index contributed by atoms with van der Waals surface area (Å²) < 4.78 is 69.5. The van der Waals surface area contributed by atoms with Gasteiger partial charge in [-0.15, -0.1) is 18.3 Å². The van der Waals surface area contributed by atoms with E-state index in [4.69, 9.17) is 0 Å². The molecule has 0 bridgehead atoms. The van der Waals surface area contributed by atoms with E-state index in [2.05, 4.69) is 24.8 Å². The highest BCUT2D eigenvalue weighted by atomic mass is 32.2. The highest BCUT2D eigenvalue weighted by molar-refractivity contribution is 7.89. The van der Waals surface area contributed by atoms with Crippen molar-refractivity contribution >= 4 is 10.0 Å². The fraction of sp³-hybridized carbons (Fsp3) is 0.133. The van der Waals surface area contributed by atoms with Crippen LogP contribution in [0.3, 0.4) is 0 Å². The summed E-state index contributed by atoms with van der Waals surface area (Å²) in [6, 6.07) is 7.80. The van der Waals surface area contributed by atoms with Crippen molar-refractivity contribution < 1.29 is 26.3 Å². The van der Waals surface area contributed by atoms with Crippen LogP contribution in [0, 0.1) is 0 Å². The Kier molecular flexibility index (Phi) is 5.10. The van der Waals surface area contributed by atoms with Crippen LogP contribution in [0.15, 0.2) is 59.9 Å². The monoisotopic (exact) mass is 399 g/mol. The Balaban J connectivity index is 1.76. The number of benzene rings is 1. The molecule has 0 unspecified atom stereocenters. The molecule has 2 aromatic heterocycles. The predicted molar refractivity (Wildman–Crippen MR) is 86.3 cm³/mol. The maximum Gasteiger partial charge on any atom is 0.573 e. The van der Waals surface area contributed by atoms with Crippen LogP contribution in [0.1, 0.15) is 5.69 Å². The van der Waals surface area contributed by atoms with Crippen LogP contribution >= 0.6 is 0 Å². The fourth-order valence-electron chi connectivity index (χ4n) is 2.13. The van der Waals surface area contributed by atoms with Crippen LogP contribution in [-0.2, 0) is 16.6 Å². The minimum absolute atomic E-state index is 0.268. The average Bonchev–Trinajstić information content (AvgIpc) is 3.09. The molecule has 1 N–H and O–H groups in total. The molecule has 2 heterocycles. The molecule has 12 heteroatoms. The Morgan fingerprint density at radius 2 is 1.81 bits per heavy atom. The second kappa shape index (κ2) is 7.32. The standard InChI is InChI=1S/C15H12F3N5O3S/c16-15(17,18)26-13-3-1-2-4-14(13)27(24,25)20-9-11-10-23(22-21-11)12-5-7-19-8-6-12/h1-8,10,20H,9H2. The third-order valence-electron chi connectivity index (χ3n) is 3.28. The summed E-state index contributed by atoms with van der Waals surface area (Å²) in [4.78, 5) is 3.23. The lowest BCUT2D eigenvalue weighted by Crippen LogP contribution is -2.25. The van der Waals surface area contributed by atoms with Crippen molar-refractivity contribution in [2.45, 2.75) is 17.8 Å². The van der Waals surface area contributed by atoms with Crippen LogP contribution in [0.25, 0.3) is 5.69 Å². The number of nitrogens with one attached hydrogen (secondary N) is 1. The first-order valence-corrected chi connectivity index (χ1v) is 8.89. The van der Waals surface area contributed by atoms with E-state index in [0.717, 1.165) is 12.1 Å². The second-order valence-electron chi connectivity index (χ2n) is 5.18. The van der Waals surface area contributed by atoms with Gasteiger partial charge in [0.1, 0.15) is 10.6 Å². The number of alkyl halides is 3. The van der Waals surface area contributed by atoms with Gasteiger partial charge in [-0.25, -0.2) is 17.8 Å². The Hall–Kier alpha value is -2.99. The number of ether oxygens (including phenoxy) is 1. The van der Waals surface area contributed by atoms with Gasteiger partial charge in [0.15, 0.2) is 0 Å². The molecule has 0 spiro atoms. The number of sulfonamides is 1. The van der Waals surface area contributed by atoms with Gasteiger partial charge in [-0.1, -0.05) is 17.3 Å². The van der Waals surface area contributed by atoms with Gasteiger partial charge in [0.05, 0.1) is 24.1 Å². The second-order valence-corrected chi connectivity index (χ2v) is 6.91. The third kappa shape index (κ3) is 4.80. The van der Waals surface area contributed by atoms with Gasteiger partial charge >= 0.3 is 6.36 Å². The predicted octanol–water partition coefficient (Wildman–Crippen LogP) is 2.04. The number of nitrogens with zero attached hydrogens (tertiary/aromatic N) is 4. The van der Waals surface area contributed by atoms with Crippen LogP contribution < -0.4 is 9.46 Å². The van der Waals surface area contributed by atoms with E-state index in [0.29, 0.717) is 5.69 Å². The minimum Gasteiger partial charge on any atom is -0.404 e. The van der Waals surface area contributed by atoms with Crippen molar-refractivity contribution in [2.75, 3.05) is 0 Å². The molecule has 0 amide bonds. The molecule has 0 radical (unpaired) electrons. The smallest absolute Gasteiger partial charge is 0.404 e. The Labute approximate surface area is 151 Å². The van der Waals surface area contributed by atoms with Gasteiger partial charge in [0, 0.05) is 12.4 Å². The summed E-state index contributed by atoms with van der Waals surface area (Å²) in [7, 11) is -4.28. The number of aromatic nitrogens is 4. The number of pyridine rings is 1.